The largest absolute Gasteiger partial charge is 0.494 e. The van der Waals surface area contributed by atoms with E-state index in [1.54, 1.807) is 17.0 Å². The van der Waals surface area contributed by atoms with Crippen LogP contribution in [0.3, 0.4) is 0 Å². The van der Waals surface area contributed by atoms with Gasteiger partial charge in [-0.3, -0.25) is 14.2 Å². The number of benzene rings is 1. The molecule has 1 aromatic carbocycles. The molecular weight excluding hydrogens is 398 g/mol. The van der Waals surface area contributed by atoms with Crippen LogP contribution >= 0.6 is 11.3 Å². The first-order valence-electron chi connectivity index (χ1n) is 10.2. The van der Waals surface area contributed by atoms with Crippen LogP contribution in [0.15, 0.2) is 48.0 Å². The molecule has 30 heavy (non-hydrogen) atoms. The molecule has 0 N–H and O–H groups in total. The van der Waals surface area contributed by atoms with Gasteiger partial charge in [-0.2, -0.15) is 0 Å². The highest BCUT2D eigenvalue weighted by Crippen LogP contribution is 2.32. The van der Waals surface area contributed by atoms with Gasteiger partial charge < -0.3 is 9.64 Å². The van der Waals surface area contributed by atoms with Crippen molar-refractivity contribution in [3.63, 3.8) is 0 Å². The molecule has 1 aliphatic heterocycles. The maximum absolute atomic E-state index is 13.0. The third kappa shape index (κ3) is 3.89. The molecule has 0 spiro atoms. The normalized spacial score (nSPS) is 13.3. The molecule has 3 aromatic rings. The number of rotatable bonds is 7. The average molecular weight is 424 g/mol. The Morgan fingerprint density at radius 3 is 2.87 bits per heavy atom. The van der Waals surface area contributed by atoms with E-state index in [0.717, 1.165) is 33.9 Å². The lowest BCUT2D eigenvalue weighted by Crippen LogP contribution is -2.35. The van der Waals surface area contributed by atoms with E-state index < -0.39 is 0 Å². The number of carbonyl (C=O) groups is 1. The average Bonchev–Trinajstić information content (AvgIpc) is 3.14. The van der Waals surface area contributed by atoms with Crippen LogP contribution in [0.4, 0.5) is 0 Å². The van der Waals surface area contributed by atoms with Crippen molar-refractivity contribution in [3.8, 4) is 5.75 Å². The number of hydrogen-bond acceptors (Lipinski definition) is 5. The lowest BCUT2D eigenvalue weighted by Gasteiger charge is -2.27. The van der Waals surface area contributed by atoms with E-state index in [1.807, 2.05) is 29.2 Å². The lowest BCUT2D eigenvalue weighted by atomic mass is 10.0. The van der Waals surface area contributed by atoms with Crippen molar-refractivity contribution in [1.29, 1.82) is 0 Å². The first-order chi connectivity index (χ1) is 14.6. The van der Waals surface area contributed by atoms with Gasteiger partial charge in [0.2, 0.25) is 0 Å². The monoisotopic (exact) mass is 423 g/mol. The van der Waals surface area contributed by atoms with Crippen LogP contribution in [0, 0.1) is 0 Å². The van der Waals surface area contributed by atoms with Gasteiger partial charge in [0.15, 0.2) is 0 Å². The smallest absolute Gasteiger partial charge is 0.262 e. The van der Waals surface area contributed by atoms with E-state index in [9.17, 15) is 9.59 Å². The fourth-order valence-electron chi connectivity index (χ4n) is 3.67. The SMILES string of the molecule is C=CCn1cnc2sc3c(c2c1=O)CCN(C(=O)c1ccc(OCCCC)cc1)C3. The van der Waals surface area contributed by atoms with Gasteiger partial charge in [0, 0.05) is 23.5 Å². The molecule has 1 amide bonds. The number of thiophene rings is 1. The number of allylic oxidation sites excluding steroid dienone is 1. The second kappa shape index (κ2) is 8.83. The van der Waals surface area contributed by atoms with Crippen molar-refractivity contribution in [1.82, 2.24) is 14.5 Å². The van der Waals surface area contributed by atoms with Gasteiger partial charge in [0.1, 0.15) is 10.6 Å². The summed E-state index contributed by atoms with van der Waals surface area (Å²) in [6.07, 6.45) is 6.02. The van der Waals surface area contributed by atoms with Gasteiger partial charge >= 0.3 is 0 Å². The Kier molecular flexibility index (Phi) is 5.99. The van der Waals surface area contributed by atoms with Gasteiger partial charge in [0.25, 0.3) is 11.5 Å². The summed E-state index contributed by atoms with van der Waals surface area (Å²) in [6, 6.07) is 7.34. The zero-order valence-electron chi connectivity index (χ0n) is 17.1. The predicted octanol–water partition coefficient (Wildman–Crippen LogP) is 4.02. The molecule has 0 unspecified atom stereocenters. The van der Waals surface area contributed by atoms with Crippen LogP contribution in [-0.4, -0.2) is 33.5 Å². The van der Waals surface area contributed by atoms with E-state index in [4.69, 9.17) is 4.74 Å². The highest BCUT2D eigenvalue weighted by molar-refractivity contribution is 7.18. The molecule has 0 bridgehead atoms. The minimum atomic E-state index is -0.0316. The van der Waals surface area contributed by atoms with E-state index >= 15 is 0 Å². The topological polar surface area (TPSA) is 64.4 Å². The second-order valence-corrected chi connectivity index (χ2v) is 8.46. The van der Waals surface area contributed by atoms with Crippen molar-refractivity contribution in [2.45, 2.75) is 39.3 Å². The molecule has 6 nitrogen and oxygen atoms in total. The zero-order chi connectivity index (χ0) is 21.1. The summed E-state index contributed by atoms with van der Waals surface area (Å²) >= 11 is 1.51. The van der Waals surface area contributed by atoms with Gasteiger partial charge in [-0.1, -0.05) is 19.4 Å². The molecular formula is C23H25N3O3S. The van der Waals surface area contributed by atoms with Crippen molar-refractivity contribution >= 4 is 27.5 Å². The second-order valence-electron chi connectivity index (χ2n) is 7.38. The van der Waals surface area contributed by atoms with Crippen molar-refractivity contribution in [3.05, 3.63) is 69.6 Å². The Morgan fingerprint density at radius 1 is 1.33 bits per heavy atom. The molecule has 0 atom stereocenters. The summed E-state index contributed by atoms with van der Waals surface area (Å²) in [7, 11) is 0. The van der Waals surface area contributed by atoms with Gasteiger partial charge in [0.05, 0.1) is 24.9 Å². The number of unbranched alkanes of at least 4 members (excludes halogenated alkanes) is 1. The fourth-order valence-corrected chi connectivity index (χ4v) is 4.87. The van der Waals surface area contributed by atoms with Crippen LogP contribution in [-0.2, 0) is 19.5 Å². The van der Waals surface area contributed by atoms with Crippen LogP contribution in [0.5, 0.6) is 5.75 Å². The Balaban J connectivity index is 1.52. The number of ether oxygens (including phenoxy) is 1. The van der Waals surface area contributed by atoms with Gasteiger partial charge in [-0.05, 0) is 42.7 Å². The Labute approximate surface area is 179 Å². The minimum Gasteiger partial charge on any atom is -0.494 e. The molecule has 156 valence electrons. The van der Waals surface area contributed by atoms with Crippen LogP contribution in [0.1, 0.15) is 40.6 Å². The molecule has 3 heterocycles. The number of fused-ring (bicyclic) bond motifs is 3. The van der Waals surface area contributed by atoms with E-state index in [0.29, 0.717) is 43.6 Å². The number of nitrogens with zero attached hydrogens (tertiary/aromatic N) is 3. The molecule has 0 fully saturated rings. The standard InChI is InChI=1S/C23H25N3O3S/c1-3-5-13-29-17-8-6-16(7-9-17)22(27)25-12-10-18-19(14-25)30-21-20(18)23(28)26(11-4-2)15-24-21/h4,6-9,15H,2-3,5,10-14H2,1H3. The first kappa shape index (κ1) is 20.3. The third-order valence-electron chi connectivity index (χ3n) is 5.31. The van der Waals surface area contributed by atoms with Crippen LogP contribution in [0.25, 0.3) is 10.2 Å². The Bertz CT molecular complexity index is 1130. The highest BCUT2D eigenvalue weighted by Gasteiger charge is 2.27. The molecule has 0 radical (unpaired) electrons. The van der Waals surface area contributed by atoms with Crippen molar-refractivity contribution in [2.75, 3.05) is 13.2 Å². The first-order valence-corrected chi connectivity index (χ1v) is 11.1. The molecule has 0 aliphatic carbocycles. The molecule has 0 saturated heterocycles. The summed E-state index contributed by atoms with van der Waals surface area (Å²) in [5.74, 6) is 0.780. The predicted molar refractivity (Wildman–Crippen MR) is 119 cm³/mol. The summed E-state index contributed by atoms with van der Waals surface area (Å²) in [5, 5.41) is 0.694. The van der Waals surface area contributed by atoms with Gasteiger partial charge in [-0.15, -0.1) is 17.9 Å². The summed E-state index contributed by atoms with van der Waals surface area (Å²) < 4.78 is 7.25. The number of aromatic nitrogens is 2. The lowest BCUT2D eigenvalue weighted by molar-refractivity contribution is 0.0737. The maximum atomic E-state index is 13.0. The number of amides is 1. The zero-order valence-corrected chi connectivity index (χ0v) is 17.9. The Hall–Kier alpha value is -2.93. The highest BCUT2D eigenvalue weighted by atomic mass is 32.1. The maximum Gasteiger partial charge on any atom is 0.262 e. The minimum absolute atomic E-state index is 0.00441. The number of hydrogen-bond donors (Lipinski definition) is 0. The number of carbonyl (C=O) groups excluding carboxylic acids is 1. The fraction of sp³-hybridized carbons (Fsp3) is 0.348. The summed E-state index contributed by atoms with van der Waals surface area (Å²) in [4.78, 5) is 33.9. The van der Waals surface area contributed by atoms with E-state index in [-0.39, 0.29) is 11.5 Å². The van der Waals surface area contributed by atoms with E-state index in [1.165, 1.54) is 11.3 Å². The Morgan fingerprint density at radius 2 is 2.13 bits per heavy atom. The van der Waals surface area contributed by atoms with Crippen LogP contribution < -0.4 is 10.3 Å². The summed E-state index contributed by atoms with van der Waals surface area (Å²) in [5.41, 5.74) is 1.65. The molecule has 1 aliphatic rings. The quantitative estimate of drug-likeness (QED) is 0.425. The summed E-state index contributed by atoms with van der Waals surface area (Å²) in [6.45, 7) is 8.04. The third-order valence-corrected chi connectivity index (χ3v) is 6.43. The van der Waals surface area contributed by atoms with Gasteiger partial charge in [-0.25, -0.2) is 4.98 Å². The molecule has 4 rings (SSSR count). The van der Waals surface area contributed by atoms with Crippen molar-refractivity contribution < 1.29 is 9.53 Å². The molecule has 0 saturated carbocycles. The van der Waals surface area contributed by atoms with Crippen LogP contribution in [0.2, 0.25) is 0 Å². The van der Waals surface area contributed by atoms with Crippen molar-refractivity contribution in [2.24, 2.45) is 0 Å². The molecule has 7 heteroatoms. The van der Waals surface area contributed by atoms with E-state index in [2.05, 4.69) is 18.5 Å². The molecule has 2 aromatic heterocycles.